The highest BCUT2D eigenvalue weighted by atomic mass is 127. The van der Waals surface area contributed by atoms with Gasteiger partial charge in [0.05, 0.1) is 17.0 Å². The van der Waals surface area contributed by atoms with Crippen LogP contribution in [0, 0.1) is 3.57 Å². The summed E-state index contributed by atoms with van der Waals surface area (Å²) in [5, 5.41) is 15.0. The second-order valence-corrected chi connectivity index (χ2v) is 6.32. The Labute approximate surface area is 146 Å². The molecule has 0 spiro atoms. The van der Waals surface area contributed by atoms with Crippen molar-refractivity contribution in [1.29, 1.82) is 0 Å². The molecule has 0 aliphatic carbocycles. The van der Waals surface area contributed by atoms with E-state index in [9.17, 15) is 9.90 Å². The molecule has 3 N–H and O–H groups in total. The third-order valence-electron chi connectivity index (χ3n) is 3.45. The summed E-state index contributed by atoms with van der Waals surface area (Å²) in [6.45, 7) is 1.81. The summed E-state index contributed by atoms with van der Waals surface area (Å²) in [5.74, 6) is -0.516. The van der Waals surface area contributed by atoms with E-state index in [2.05, 4.69) is 38.1 Å². The second-order valence-electron chi connectivity index (χ2n) is 5.07. The zero-order valence-corrected chi connectivity index (χ0v) is 14.5. The van der Waals surface area contributed by atoms with Crippen molar-refractivity contribution >= 4 is 45.1 Å². The van der Waals surface area contributed by atoms with Crippen LogP contribution in [-0.2, 0) is 0 Å². The number of hydrogen-bond acceptors (Lipinski definition) is 3. The molecule has 0 fully saturated rings. The van der Waals surface area contributed by atoms with Crippen molar-refractivity contribution in [3.8, 4) is 5.75 Å². The number of fused-ring (bicyclic) bond motifs is 1. The van der Waals surface area contributed by atoms with E-state index in [1.807, 2.05) is 30.3 Å². The van der Waals surface area contributed by atoms with Gasteiger partial charge in [-0.1, -0.05) is 18.2 Å². The number of nitrogens with one attached hydrogen (secondary N) is 2. The summed E-state index contributed by atoms with van der Waals surface area (Å²) in [7, 11) is 0. The lowest BCUT2D eigenvalue weighted by Gasteiger charge is -2.04. The lowest BCUT2D eigenvalue weighted by Crippen LogP contribution is -2.19. The van der Waals surface area contributed by atoms with Crippen molar-refractivity contribution in [3.05, 3.63) is 63.4 Å². The van der Waals surface area contributed by atoms with Crippen molar-refractivity contribution in [3.63, 3.8) is 0 Å². The number of phenols is 1. The molecule has 1 amide bonds. The highest BCUT2D eigenvalue weighted by Crippen LogP contribution is 2.19. The molecule has 0 radical (unpaired) electrons. The number of rotatable bonds is 3. The Morgan fingerprint density at radius 1 is 1.22 bits per heavy atom. The lowest BCUT2D eigenvalue weighted by molar-refractivity contribution is 0.0952. The van der Waals surface area contributed by atoms with Crippen molar-refractivity contribution in [1.82, 2.24) is 10.4 Å². The largest absolute Gasteiger partial charge is 0.507 e. The van der Waals surface area contributed by atoms with E-state index in [0.29, 0.717) is 5.71 Å². The number of aromatic amines is 1. The molecule has 0 atom stereocenters. The van der Waals surface area contributed by atoms with Crippen LogP contribution in [0.1, 0.15) is 23.0 Å². The van der Waals surface area contributed by atoms with Crippen molar-refractivity contribution in [2.45, 2.75) is 6.92 Å². The van der Waals surface area contributed by atoms with Gasteiger partial charge in [0, 0.05) is 14.5 Å². The van der Waals surface area contributed by atoms with Crippen LogP contribution in [0.2, 0.25) is 0 Å². The first-order valence-electron chi connectivity index (χ1n) is 6.96. The summed E-state index contributed by atoms with van der Waals surface area (Å²) < 4.78 is 0.863. The van der Waals surface area contributed by atoms with Crippen LogP contribution in [0.5, 0.6) is 5.75 Å². The van der Waals surface area contributed by atoms with E-state index >= 15 is 0 Å². The Morgan fingerprint density at radius 2 is 2.00 bits per heavy atom. The molecule has 116 valence electrons. The van der Waals surface area contributed by atoms with Crippen LogP contribution in [0.4, 0.5) is 0 Å². The molecule has 6 heteroatoms. The molecular formula is C17H14IN3O2. The molecule has 0 saturated heterocycles. The van der Waals surface area contributed by atoms with Crippen LogP contribution in [0.25, 0.3) is 10.9 Å². The number of para-hydroxylation sites is 1. The van der Waals surface area contributed by atoms with Gasteiger partial charge in [-0.25, -0.2) is 5.43 Å². The topological polar surface area (TPSA) is 77.5 Å². The van der Waals surface area contributed by atoms with Crippen LogP contribution in [0.15, 0.2) is 53.6 Å². The first kappa shape index (κ1) is 15.5. The predicted octanol–water partition coefficient (Wildman–Crippen LogP) is 3.63. The van der Waals surface area contributed by atoms with Gasteiger partial charge in [-0.2, -0.15) is 5.10 Å². The minimum atomic E-state index is -0.448. The highest BCUT2D eigenvalue weighted by molar-refractivity contribution is 14.1. The fourth-order valence-electron chi connectivity index (χ4n) is 2.21. The second kappa shape index (κ2) is 6.41. The molecule has 3 aromatic rings. The number of carbonyl (C=O) groups is 1. The van der Waals surface area contributed by atoms with Gasteiger partial charge in [0.1, 0.15) is 5.75 Å². The molecule has 3 rings (SSSR count). The van der Waals surface area contributed by atoms with E-state index < -0.39 is 5.91 Å². The van der Waals surface area contributed by atoms with Gasteiger partial charge in [0.25, 0.3) is 5.91 Å². The minimum Gasteiger partial charge on any atom is -0.507 e. The standard InChI is InChI=1S/C17H14IN3O2/c1-10(15-8-11-4-2-3-5-14(11)19-15)20-21-17(23)13-9-12(18)6-7-16(13)22/h2-9,19,22H,1H3,(H,21,23)/b20-10+. The van der Waals surface area contributed by atoms with Crippen LogP contribution in [0.3, 0.4) is 0 Å². The third kappa shape index (κ3) is 3.37. The summed E-state index contributed by atoms with van der Waals surface area (Å²) in [5.41, 5.74) is 5.17. The zero-order valence-electron chi connectivity index (χ0n) is 12.3. The minimum absolute atomic E-state index is 0.0682. The number of benzene rings is 2. The van der Waals surface area contributed by atoms with E-state index in [4.69, 9.17) is 0 Å². The van der Waals surface area contributed by atoms with E-state index in [-0.39, 0.29) is 11.3 Å². The summed E-state index contributed by atoms with van der Waals surface area (Å²) in [4.78, 5) is 15.4. The van der Waals surface area contributed by atoms with Crippen LogP contribution in [-0.4, -0.2) is 21.7 Å². The summed E-state index contributed by atoms with van der Waals surface area (Å²) in [6, 6.07) is 14.7. The molecule has 23 heavy (non-hydrogen) atoms. The first-order chi connectivity index (χ1) is 11.0. The van der Waals surface area contributed by atoms with Crippen LogP contribution < -0.4 is 5.43 Å². The van der Waals surface area contributed by atoms with Crippen LogP contribution >= 0.6 is 22.6 Å². The number of halogens is 1. The third-order valence-corrected chi connectivity index (χ3v) is 4.12. The number of aromatic hydroxyl groups is 1. The van der Waals surface area contributed by atoms with Crippen molar-refractivity contribution in [2.75, 3.05) is 0 Å². The Morgan fingerprint density at radius 3 is 2.78 bits per heavy atom. The maximum atomic E-state index is 12.1. The number of hydrogen-bond donors (Lipinski definition) is 3. The molecule has 0 bridgehead atoms. The Bertz CT molecular complexity index is 882. The monoisotopic (exact) mass is 419 g/mol. The molecule has 0 aliphatic rings. The molecule has 5 nitrogen and oxygen atoms in total. The maximum Gasteiger partial charge on any atom is 0.275 e. The van der Waals surface area contributed by atoms with Gasteiger partial charge < -0.3 is 10.1 Å². The molecule has 0 aliphatic heterocycles. The molecule has 1 heterocycles. The van der Waals surface area contributed by atoms with Gasteiger partial charge in [-0.15, -0.1) is 0 Å². The van der Waals surface area contributed by atoms with Gasteiger partial charge >= 0.3 is 0 Å². The quantitative estimate of drug-likeness (QED) is 0.345. The first-order valence-corrected chi connectivity index (χ1v) is 8.04. The number of phenolic OH excluding ortho intramolecular Hbond substituents is 1. The van der Waals surface area contributed by atoms with E-state index in [1.165, 1.54) is 6.07 Å². The maximum absolute atomic E-state index is 12.1. The van der Waals surface area contributed by atoms with Crippen molar-refractivity contribution < 1.29 is 9.90 Å². The average molecular weight is 419 g/mol. The van der Waals surface area contributed by atoms with Gasteiger partial charge in [-0.05, 0) is 59.8 Å². The zero-order chi connectivity index (χ0) is 16.4. The fourth-order valence-corrected chi connectivity index (χ4v) is 2.70. The normalized spacial score (nSPS) is 11.7. The molecule has 0 saturated carbocycles. The van der Waals surface area contributed by atoms with E-state index in [0.717, 1.165) is 20.2 Å². The number of amides is 1. The molecule has 1 aromatic heterocycles. The molecule has 0 unspecified atom stereocenters. The fraction of sp³-hybridized carbons (Fsp3) is 0.0588. The lowest BCUT2D eigenvalue weighted by atomic mass is 10.2. The Balaban J connectivity index is 1.81. The summed E-state index contributed by atoms with van der Waals surface area (Å²) in [6.07, 6.45) is 0. The molecule has 2 aromatic carbocycles. The van der Waals surface area contributed by atoms with Gasteiger partial charge in [-0.3, -0.25) is 4.79 Å². The van der Waals surface area contributed by atoms with Gasteiger partial charge in [0.2, 0.25) is 0 Å². The number of nitrogens with zero attached hydrogens (tertiary/aromatic N) is 1. The number of aromatic nitrogens is 1. The number of carbonyl (C=O) groups excluding carboxylic acids is 1. The van der Waals surface area contributed by atoms with Gasteiger partial charge in [0.15, 0.2) is 0 Å². The molecular weight excluding hydrogens is 405 g/mol. The number of H-pyrrole nitrogens is 1. The van der Waals surface area contributed by atoms with Crippen molar-refractivity contribution in [2.24, 2.45) is 5.10 Å². The SMILES string of the molecule is C/C(=N\NC(=O)c1cc(I)ccc1O)c1cc2ccccc2[nH]1. The average Bonchev–Trinajstić information content (AvgIpc) is 2.98. The smallest absolute Gasteiger partial charge is 0.275 e. The Hall–Kier alpha value is -2.35. The highest BCUT2D eigenvalue weighted by Gasteiger charge is 2.11. The van der Waals surface area contributed by atoms with E-state index in [1.54, 1.807) is 19.1 Å². The summed E-state index contributed by atoms with van der Waals surface area (Å²) >= 11 is 2.08. The Kier molecular flexibility index (Phi) is 4.33. The number of hydrazone groups is 1. The predicted molar refractivity (Wildman–Crippen MR) is 98.8 cm³/mol.